The highest BCUT2D eigenvalue weighted by Gasteiger charge is 2.21. The van der Waals surface area contributed by atoms with Crippen LogP contribution in [0.1, 0.15) is 24.8 Å². The van der Waals surface area contributed by atoms with E-state index in [1.165, 1.54) is 12.0 Å². The molecule has 1 heterocycles. The summed E-state index contributed by atoms with van der Waals surface area (Å²) in [7, 11) is 0. The summed E-state index contributed by atoms with van der Waals surface area (Å²) in [5, 5.41) is 10.8. The van der Waals surface area contributed by atoms with Gasteiger partial charge in [-0.05, 0) is 43.4 Å². The van der Waals surface area contributed by atoms with Gasteiger partial charge in [0.1, 0.15) is 6.10 Å². The third kappa shape index (κ3) is 2.86. The van der Waals surface area contributed by atoms with Crippen molar-refractivity contribution in [2.75, 3.05) is 6.54 Å². The van der Waals surface area contributed by atoms with Crippen molar-refractivity contribution in [1.82, 2.24) is 15.5 Å². The van der Waals surface area contributed by atoms with E-state index >= 15 is 0 Å². The first kappa shape index (κ1) is 12.0. The summed E-state index contributed by atoms with van der Waals surface area (Å²) in [6.07, 6.45) is 5.62. The minimum absolute atomic E-state index is 0.141. The number of alkyl carbamates (subject to hydrolysis) is 1. The number of carbonyl (C=O) groups excluding carboxylic acids is 1. The van der Waals surface area contributed by atoms with Gasteiger partial charge < -0.3 is 10.1 Å². The number of nitrogens with one attached hydrogen (secondary N) is 2. The van der Waals surface area contributed by atoms with E-state index in [1.807, 2.05) is 12.1 Å². The summed E-state index contributed by atoms with van der Waals surface area (Å²) in [5.74, 6) is 0. The molecule has 100 valence electrons. The molecule has 3 rings (SSSR count). The second-order valence-electron chi connectivity index (χ2n) is 4.93. The molecule has 2 aromatic rings. The van der Waals surface area contributed by atoms with Gasteiger partial charge in [-0.15, -0.1) is 0 Å². The Morgan fingerprint density at radius 1 is 1.47 bits per heavy atom. The molecule has 1 saturated carbocycles. The van der Waals surface area contributed by atoms with Gasteiger partial charge in [-0.2, -0.15) is 5.10 Å². The van der Waals surface area contributed by atoms with Gasteiger partial charge in [0, 0.05) is 11.9 Å². The number of aromatic nitrogens is 2. The van der Waals surface area contributed by atoms with E-state index in [2.05, 4.69) is 21.6 Å². The molecule has 1 aromatic heterocycles. The van der Waals surface area contributed by atoms with Crippen molar-refractivity contribution >= 4 is 17.0 Å². The average Bonchev–Trinajstić information content (AvgIpc) is 2.81. The van der Waals surface area contributed by atoms with Crippen molar-refractivity contribution in [2.24, 2.45) is 0 Å². The summed E-state index contributed by atoms with van der Waals surface area (Å²) >= 11 is 0. The van der Waals surface area contributed by atoms with Crippen LogP contribution in [0.15, 0.2) is 24.4 Å². The minimum Gasteiger partial charge on any atom is -0.446 e. The smallest absolute Gasteiger partial charge is 0.407 e. The molecule has 5 nitrogen and oxygen atoms in total. The first-order valence-electron chi connectivity index (χ1n) is 6.68. The highest BCUT2D eigenvalue weighted by Crippen LogP contribution is 2.21. The predicted octanol–water partition coefficient (Wildman–Crippen LogP) is 2.38. The zero-order chi connectivity index (χ0) is 13.1. The zero-order valence-electron chi connectivity index (χ0n) is 10.7. The van der Waals surface area contributed by atoms with E-state index in [1.54, 1.807) is 6.20 Å². The van der Waals surface area contributed by atoms with Crippen LogP contribution in [0.3, 0.4) is 0 Å². The zero-order valence-corrected chi connectivity index (χ0v) is 10.7. The summed E-state index contributed by atoms with van der Waals surface area (Å²) in [6.45, 7) is 0.592. The van der Waals surface area contributed by atoms with Crippen LogP contribution in [0.2, 0.25) is 0 Å². The van der Waals surface area contributed by atoms with E-state index in [0.29, 0.717) is 6.54 Å². The molecule has 1 aliphatic rings. The predicted molar refractivity (Wildman–Crippen MR) is 71.9 cm³/mol. The van der Waals surface area contributed by atoms with Gasteiger partial charge in [-0.25, -0.2) is 4.79 Å². The van der Waals surface area contributed by atoms with Gasteiger partial charge in [0.2, 0.25) is 0 Å². The molecule has 1 amide bonds. The highest BCUT2D eigenvalue weighted by molar-refractivity contribution is 5.78. The topological polar surface area (TPSA) is 67.0 Å². The maximum absolute atomic E-state index is 11.5. The van der Waals surface area contributed by atoms with E-state index in [4.69, 9.17) is 4.74 Å². The van der Waals surface area contributed by atoms with Crippen LogP contribution >= 0.6 is 0 Å². The number of amides is 1. The second kappa shape index (κ2) is 5.30. The number of fused-ring (bicyclic) bond motifs is 1. The van der Waals surface area contributed by atoms with E-state index in [0.717, 1.165) is 30.2 Å². The molecule has 0 atom stereocenters. The van der Waals surface area contributed by atoms with Crippen molar-refractivity contribution in [3.63, 3.8) is 0 Å². The van der Waals surface area contributed by atoms with Gasteiger partial charge in [-0.1, -0.05) is 6.07 Å². The van der Waals surface area contributed by atoms with E-state index < -0.39 is 0 Å². The van der Waals surface area contributed by atoms with Crippen molar-refractivity contribution in [3.8, 4) is 0 Å². The van der Waals surface area contributed by atoms with Gasteiger partial charge in [0.25, 0.3) is 0 Å². The molecule has 2 N–H and O–H groups in total. The summed E-state index contributed by atoms with van der Waals surface area (Å²) in [4.78, 5) is 11.5. The van der Waals surface area contributed by atoms with E-state index in [-0.39, 0.29) is 12.2 Å². The number of carbonyl (C=O) groups is 1. The monoisotopic (exact) mass is 259 g/mol. The number of ether oxygens (including phenoxy) is 1. The highest BCUT2D eigenvalue weighted by atomic mass is 16.6. The van der Waals surface area contributed by atoms with Gasteiger partial charge in [-0.3, -0.25) is 5.10 Å². The third-order valence-electron chi connectivity index (χ3n) is 3.51. The quantitative estimate of drug-likeness (QED) is 0.885. The number of H-pyrrole nitrogens is 1. The lowest BCUT2D eigenvalue weighted by Crippen LogP contribution is -2.33. The molecule has 0 unspecified atom stereocenters. The number of nitrogens with zero attached hydrogens (tertiary/aromatic N) is 1. The van der Waals surface area contributed by atoms with Crippen LogP contribution in [0, 0.1) is 0 Å². The Bertz CT molecular complexity index is 575. The molecule has 0 spiro atoms. The normalized spacial score (nSPS) is 15.2. The molecule has 0 saturated heterocycles. The van der Waals surface area contributed by atoms with Crippen molar-refractivity contribution in [3.05, 3.63) is 30.0 Å². The first-order chi connectivity index (χ1) is 9.31. The number of rotatable bonds is 4. The first-order valence-corrected chi connectivity index (χ1v) is 6.68. The lowest BCUT2D eigenvalue weighted by molar-refractivity contribution is 0.0526. The Kier molecular flexibility index (Phi) is 3.35. The van der Waals surface area contributed by atoms with Crippen LogP contribution in [0.5, 0.6) is 0 Å². The average molecular weight is 259 g/mol. The molecular weight excluding hydrogens is 242 g/mol. The van der Waals surface area contributed by atoms with Crippen LogP contribution in [0.25, 0.3) is 10.9 Å². The molecule has 19 heavy (non-hydrogen) atoms. The fourth-order valence-corrected chi connectivity index (χ4v) is 2.14. The van der Waals surface area contributed by atoms with Crippen LogP contribution in [0.4, 0.5) is 4.79 Å². The number of aromatic amines is 1. The molecule has 1 aliphatic carbocycles. The molecule has 0 bridgehead atoms. The fraction of sp³-hybridized carbons (Fsp3) is 0.429. The summed E-state index contributed by atoms with van der Waals surface area (Å²) in [5.41, 5.74) is 2.21. The molecular formula is C14H17N3O2. The standard InChI is InChI=1S/C14H17N3O2/c18-14(19-12-2-1-3-12)15-7-6-10-4-5-13-11(8-10)9-16-17-13/h4-5,8-9,12H,1-3,6-7H2,(H,15,18)(H,16,17). The Hall–Kier alpha value is -2.04. The minimum atomic E-state index is -0.297. The number of hydrogen-bond acceptors (Lipinski definition) is 3. The summed E-state index contributed by atoms with van der Waals surface area (Å²) in [6, 6.07) is 6.13. The Balaban J connectivity index is 1.47. The van der Waals surface area contributed by atoms with Gasteiger partial charge >= 0.3 is 6.09 Å². The Morgan fingerprint density at radius 2 is 2.37 bits per heavy atom. The van der Waals surface area contributed by atoms with Crippen molar-refractivity contribution in [1.29, 1.82) is 0 Å². The molecule has 1 aromatic carbocycles. The SMILES string of the molecule is O=C(NCCc1ccc2[nH]ncc2c1)OC1CCC1. The number of hydrogen-bond donors (Lipinski definition) is 2. The Labute approximate surface area is 111 Å². The molecule has 0 aliphatic heterocycles. The largest absolute Gasteiger partial charge is 0.446 e. The van der Waals surface area contributed by atoms with Gasteiger partial charge in [0.15, 0.2) is 0 Å². The van der Waals surface area contributed by atoms with Gasteiger partial charge in [0.05, 0.1) is 11.7 Å². The Morgan fingerprint density at radius 3 is 3.16 bits per heavy atom. The van der Waals surface area contributed by atoms with Crippen molar-refractivity contribution in [2.45, 2.75) is 31.8 Å². The fourth-order valence-electron chi connectivity index (χ4n) is 2.14. The summed E-state index contributed by atoms with van der Waals surface area (Å²) < 4.78 is 5.22. The van der Waals surface area contributed by atoms with Crippen LogP contribution in [-0.4, -0.2) is 28.9 Å². The molecule has 5 heteroatoms. The van der Waals surface area contributed by atoms with Crippen LogP contribution in [-0.2, 0) is 11.2 Å². The number of benzene rings is 1. The van der Waals surface area contributed by atoms with Crippen molar-refractivity contribution < 1.29 is 9.53 Å². The second-order valence-corrected chi connectivity index (χ2v) is 4.93. The molecule has 0 radical (unpaired) electrons. The third-order valence-corrected chi connectivity index (χ3v) is 3.51. The maximum Gasteiger partial charge on any atom is 0.407 e. The maximum atomic E-state index is 11.5. The lowest BCUT2D eigenvalue weighted by atomic mass is 9.96. The lowest BCUT2D eigenvalue weighted by Gasteiger charge is -2.25. The van der Waals surface area contributed by atoms with Crippen LogP contribution < -0.4 is 5.32 Å². The van der Waals surface area contributed by atoms with E-state index in [9.17, 15) is 4.79 Å². The molecule has 1 fully saturated rings.